The smallest absolute Gasteiger partial charge is 0.460 e. The van der Waals surface area contributed by atoms with Gasteiger partial charge in [0.1, 0.15) is 11.9 Å². The summed E-state index contributed by atoms with van der Waals surface area (Å²) in [6.07, 6.45) is -11.1. The second-order valence-electron chi connectivity index (χ2n) is 5.25. The van der Waals surface area contributed by atoms with E-state index in [1.165, 1.54) is 6.92 Å². The Morgan fingerprint density at radius 1 is 0.852 bits per heavy atom. The van der Waals surface area contributed by atoms with Crippen LogP contribution in [0.25, 0.3) is 0 Å². The fourth-order valence-corrected chi connectivity index (χ4v) is 1.91. The SMILES string of the molecule is CCOc1cccc(C(O)C(F)(F)C(F)(F)C(F)(F)C(F)(F)C(F)(F)F)c1. The molecule has 2 nitrogen and oxygen atoms in total. The minimum absolute atomic E-state index is 0.0536. The first kappa shape index (κ1) is 23.2. The highest BCUT2D eigenvalue weighted by molar-refractivity contribution is 5.31. The molecule has 13 heteroatoms. The Kier molecular flexibility index (Phi) is 6.01. The quantitative estimate of drug-likeness (QED) is 0.613. The van der Waals surface area contributed by atoms with Gasteiger partial charge in [-0.3, -0.25) is 0 Å². The molecule has 0 amide bonds. The van der Waals surface area contributed by atoms with Gasteiger partial charge in [0.05, 0.1) is 6.61 Å². The van der Waals surface area contributed by atoms with Crippen molar-refractivity contribution in [3.05, 3.63) is 29.8 Å². The van der Waals surface area contributed by atoms with E-state index in [1.54, 1.807) is 0 Å². The van der Waals surface area contributed by atoms with Crippen LogP contribution in [0.5, 0.6) is 5.75 Å². The third-order valence-electron chi connectivity index (χ3n) is 3.39. The number of ether oxygens (including phenoxy) is 1. The molecule has 156 valence electrons. The van der Waals surface area contributed by atoms with E-state index in [0.717, 1.165) is 12.1 Å². The normalized spacial score (nSPS) is 15.6. The van der Waals surface area contributed by atoms with Crippen molar-refractivity contribution < 1.29 is 58.1 Å². The van der Waals surface area contributed by atoms with Gasteiger partial charge < -0.3 is 9.84 Å². The van der Waals surface area contributed by atoms with Gasteiger partial charge in [0.15, 0.2) is 0 Å². The molecule has 0 heterocycles. The summed E-state index contributed by atoms with van der Waals surface area (Å²) in [5, 5.41) is 9.36. The lowest BCUT2D eigenvalue weighted by atomic mass is 9.91. The van der Waals surface area contributed by atoms with Gasteiger partial charge in [-0.15, -0.1) is 0 Å². The summed E-state index contributed by atoms with van der Waals surface area (Å²) >= 11 is 0. The van der Waals surface area contributed by atoms with Crippen LogP contribution in [-0.2, 0) is 0 Å². The van der Waals surface area contributed by atoms with E-state index in [9.17, 15) is 53.4 Å². The molecular formula is C14H11F11O2. The monoisotopic (exact) mass is 420 g/mol. The van der Waals surface area contributed by atoms with E-state index in [2.05, 4.69) is 0 Å². The van der Waals surface area contributed by atoms with Gasteiger partial charge in [0.2, 0.25) is 0 Å². The lowest BCUT2D eigenvalue weighted by molar-refractivity contribution is -0.429. The molecule has 0 aromatic heterocycles. The first-order valence-corrected chi connectivity index (χ1v) is 6.94. The van der Waals surface area contributed by atoms with Gasteiger partial charge >= 0.3 is 29.9 Å². The Morgan fingerprint density at radius 3 is 1.81 bits per heavy atom. The molecule has 1 aromatic rings. The molecule has 0 spiro atoms. The maximum absolute atomic E-state index is 13.8. The maximum Gasteiger partial charge on any atom is 0.460 e. The first-order chi connectivity index (χ1) is 11.9. The second kappa shape index (κ2) is 6.99. The van der Waals surface area contributed by atoms with Crippen molar-refractivity contribution in [3.63, 3.8) is 0 Å². The number of hydrogen-bond acceptors (Lipinski definition) is 2. The molecule has 0 radical (unpaired) electrons. The predicted octanol–water partition coefficient (Wildman–Crippen LogP) is 5.22. The molecule has 0 bridgehead atoms. The van der Waals surface area contributed by atoms with Crippen LogP contribution >= 0.6 is 0 Å². The molecule has 0 fully saturated rings. The molecule has 1 unspecified atom stereocenters. The Morgan fingerprint density at radius 2 is 1.37 bits per heavy atom. The van der Waals surface area contributed by atoms with Crippen LogP contribution in [0, 0.1) is 0 Å². The van der Waals surface area contributed by atoms with Crippen LogP contribution in [0.1, 0.15) is 18.6 Å². The number of halogens is 11. The topological polar surface area (TPSA) is 29.5 Å². The van der Waals surface area contributed by atoms with Gasteiger partial charge in [-0.25, -0.2) is 0 Å². The number of hydrogen-bond donors (Lipinski definition) is 1. The predicted molar refractivity (Wildman–Crippen MR) is 68.4 cm³/mol. The summed E-state index contributed by atoms with van der Waals surface area (Å²) in [5.41, 5.74) is -1.17. The maximum atomic E-state index is 13.8. The molecule has 27 heavy (non-hydrogen) atoms. The van der Waals surface area contributed by atoms with Crippen molar-refractivity contribution in [2.45, 2.75) is 42.9 Å². The summed E-state index contributed by atoms with van der Waals surface area (Å²) in [6.45, 7) is 1.37. The molecule has 1 aromatic carbocycles. The minimum Gasteiger partial charge on any atom is -0.494 e. The molecule has 0 aliphatic heterocycles. The molecular weight excluding hydrogens is 409 g/mol. The fourth-order valence-electron chi connectivity index (χ4n) is 1.91. The van der Waals surface area contributed by atoms with Crippen LogP contribution in [0.4, 0.5) is 48.3 Å². The zero-order chi connectivity index (χ0) is 21.5. The van der Waals surface area contributed by atoms with Crippen LogP contribution < -0.4 is 4.74 Å². The van der Waals surface area contributed by atoms with Crippen LogP contribution in [0.3, 0.4) is 0 Å². The highest BCUT2D eigenvalue weighted by Crippen LogP contribution is 2.59. The lowest BCUT2D eigenvalue weighted by Gasteiger charge is -2.38. The van der Waals surface area contributed by atoms with Gasteiger partial charge in [-0.1, -0.05) is 12.1 Å². The molecule has 1 atom stereocenters. The largest absolute Gasteiger partial charge is 0.494 e. The standard InChI is InChI=1S/C14H11F11O2/c1-2-27-8-5-3-4-7(6-8)9(26)10(15,16)11(17,18)12(19,20)13(21,22)14(23,24)25/h3-6,9,26H,2H2,1H3. The molecule has 0 saturated carbocycles. The van der Waals surface area contributed by atoms with E-state index in [4.69, 9.17) is 4.74 Å². The van der Waals surface area contributed by atoms with Crippen molar-refractivity contribution in [1.29, 1.82) is 0 Å². The zero-order valence-corrected chi connectivity index (χ0v) is 13.1. The summed E-state index contributed by atoms with van der Waals surface area (Å²) < 4.78 is 147. The molecule has 1 rings (SSSR count). The summed E-state index contributed by atoms with van der Waals surface area (Å²) in [7, 11) is 0. The number of aliphatic hydroxyl groups excluding tert-OH is 1. The average Bonchev–Trinajstić information content (AvgIpc) is 2.53. The summed E-state index contributed by atoms with van der Waals surface area (Å²) in [4.78, 5) is 0. The van der Waals surface area contributed by atoms with E-state index in [1.807, 2.05) is 0 Å². The van der Waals surface area contributed by atoms with Crippen molar-refractivity contribution >= 4 is 0 Å². The third kappa shape index (κ3) is 3.65. The Labute approximate surface area is 144 Å². The molecule has 1 N–H and O–H groups in total. The van der Waals surface area contributed by atoms with Crippen LogP contribution in [0.2, 0.25) is 0 Å². The summed E-state index contributed by atoms with van der Waals surface area (Å²) in [5.74, 6) is -29.0. The molecule has 0 saturated heterocycles. The highest BCUT2D eigenvalue weighted by Gasteiger charge is 2.88. The Balaban J connectivity index is 3.40. The first-order valence-electron chi connectivity index (χ1n) is 6.94. The average molecular weight is 420 g/mol. The van der Waals surface area contributed by atoms with Crippen molar-refractivity contribution in [1.82, 2.24) is 0 Å². The van der Waals surface area contributed by atoms with Crippen molar-refractivity contribution in [2.75, 3.05) is 6.61 Å². The fraction of sp³-hybridized carbons (Fsp3) is 0.571. The van der Waals surface area contributed by atoms with Crippen molar-refractivity contribution in [3.8, 4) is 5.75 Å². The van der Waals surface area contributed by atoms with E-state index in [0.29, 0.717) is 12.1 Å². The van der Waals surface area contributed by atoms with Crippen LogP contribution in [-0.4, -0.2) is 41.6 Å². The molecule has 0 aliphatic rings. The van der Waals surface area contributed by atoms with Crippen molar-refractivity contribution in [2.24, 2.45) is 0 Å². The highest BCUT2D eigenvalue weighted by atomic mass is 19.4. The van der Waals surface area contributed by atoms with Crippen LogP contribution in [0.15, 0.2) is 24.3 Å². The Bertz CT molecular complexity index is 655. The number of rotatable bonds is 7. The van der Waals surface area contributed by atoms with E-state index < -0.39 is 41.5 Å². The number of alkyl halides is 11. The zero-order valence-electron chi connectivity index (χ0n) is 13.1. The minimum atomic E-state index is -7.57. The third-order valence-corrected chi connectivity index (χ3v) is 3.39. The van der Waals surface area contributed by atoms with Gasteiger partial charge in [0, 0.05) is 0 Å². The number of benzene rings is 1. The Hall–Kier alpha value is -1.79. The number of aliphatic hydroxyl groups is 1. The van der Waals surface area contributed by atoms with E-state index >= 15 is 0 Å². The van der Waals surface area contributed by atoms with Gasteiger partial charge in [0.25, 0.3) is 0 Å². The van der Waals surface area contributed by atoms with E-state index in [-0.39, 0.29) is 12.4 Å². The summed E-state index contributed by atoms with van der Waals surface area (Å²) in [6, 6.07) is 3.03. The lowest BCUT2D eigenvalue weighted by Crippen LogP contribution is -2.67. The molecule has 0 aliphatic carbocycles. The van der Waals surface area contributed by atoms with Gasteiger partial charge in [-0.2, -0.15) is 48.3 Å². The second-order valence-corrected chi connectivity index (χ2v) is 5.25. The van der Waals surface area contributed by atoms with Gasteiger partial charge in [-0.05, 0) is 24.6 Å².